The van der Waals surface area contributed by atoms with Gasteiger partial charge in [0.25, 0.3) is 0 Å². The number of halogens is 4. The first-order valence-corrected chi connectivity index (χ1v) is 8.07. The van der Waals surface area contributed by atoms with Gasteiger partial charge in [0.2, 0.25) is 0 Å². The molecule has 5 heteroatoms. The molecule has 2 aromatic carbocycles. The van der Waals surface area contributed by atoms with Crippen LogP contribution in [0.5, 0.6) is 0 Å². The van der Waals surface area contributed by atoms with E-state index >= 15 is 0 Å². The molecular weight excluding hydrogens is 380 g/mol. The Kier molecular flexibility index (Phi) is 6.19. The lowest BCUT2D eigenvalue weighted by Crippen LogP contribution is -2.17. The molecule has 0 bridgehead atoms. The fraction of sp³-hybridized carbons (Fsp3) is 0.200. The highest BCUT2D eigenvalue weighted by molar-refractivity contribution is 9.10. The zero-order chi connectivity index (χ0) is 14.5. The minimum absolute atomic E-state index is 0.660. The van der Waals surface area contributed by atoms with Crippen LogP contribution in [0.4, 0.5) is 0 Å². The van der Waals surface area contributed by atoms with Crippen LogP contribution >= 0.6 is 50.7 Å². The highest BCUT2D eigenvalue weighted by Crippen LogP contribution is 2.22. The van der Waals surface area contributed by atoms with Gasteiger partial charge in [0, 0.05) is 26.1 Å². The molecule has 20 heavy (non-hydrogen) atoms. The van der Waals surface area contributed by atoms with E-state index in [1.54, 1.807) is 6.07 Å². The normalized spacial score (nSPS) is 10.8. The molecule has 0 radical (unpaired) electrons. The largest absolute Gasteiger partial charge is 0.312 e. The van der Waals surface area contributed by atoms with E-state index in [9.17, 15) is 0 Å². The van der Waals surface area contributed by atoms with Gasteiger partial charge in [-0.25, -0.2) is 0 Å². The van der Waals surface area contributed by atoms with Crippen LogP contribution in [-0.4, -0.2) is 6.54 Å². The van der Waals surface area contributed by atoms with Gasteiger partial charge in [0.1, 0.15) is 0 Å². The van der Waals surface area contributed by atoms with E-state index in [2.05, 4.69) is 21.2 Å². The van der Waals surface area contributed by atoms with E-state index in [1.165, 1.54) is 0 Å². The molecule has 0 aromatic heterocycles. The second kappa shape index (κ2) is 7.67. The molecular formula is C15H13BrCl3N. The standard InChI is InChI=1S/C15H13BrCl3N/c16-12-2-4-14(18)11(7-12)9-20-6-5-10-1-3-13(17)8-15(10)19/h1-4,7-8,20H,5-6,9H2. The Morgan fingerprint density at radius 1 is 0.900 bits per heavy atom. The molecule has 0 aliphatic heterocycles. The summed E-state index contributed by atoms with van der Waals surface area (Å²) in [5.41, 5.74) is 2.16. The van der Waals surface area contributed by atoms with Crippen molar-refractivity contribution in [1.82, 2.24) is 5.32 Å². The molecule has 0 atom stereocenters. The van der Waals surface area contributed by atoms with Crippen molar-refractivity contribution in [2.24, 2.45) is 0 Å². The van der Waals surface area contributed by atoms with Gasteiger partial charge >= 0.3 is 0 Å². The highest BCUT2D eigenvalue weighted by atomic mass is 79.9. The Hall–Kier alpha value is -0.250. The molecule has 0 saturated carbocycles. The molecule has 1 N–H and O–H groups in total. The van der Waals surface area contributed by atoms with Gasteiger partial charge in [-0.3, -0.25) is 0 Å². The Balaban J connectivity index is 1.86. The van der Waals surface area contributed by atoms with Gasteiger partial charge in [-0.2, -0.15) is 0 Å². The first-order chi connectivity index (χ1) is 9.56. The van der Waals surface area contributed by atoms with Crippen molar-refractivity contribution in [3.05, 3.63) is 67.1 Å². The van der Waals surface area contributed by atoms with Crippen LogP contribution < -0.4 is 5.32 Å². The smallest absolute Gasteiger partial charge is 0.0453 e. The Bertz CT molecular complexity index is 602. The van der Waals surface area contributed by atoms with Gasteiger partial charge < -0.3 is 5.32 Å². The Morgan fingerprint density at radius 2 is 1.70 bits per heavy atom. The van der Waals surface area contributed by atoms with Crippen molar-refractivity contribution in [1.29, 1.82) is 0 Å². The summed E-state index contributed by atoms with van der Waals surface area (Å²) in [5.74, 6) is 0. The molecule has 0 saturated heterocycles. The first kappa shape index (κ1) is 16.1. The lowest BCUT2D eigenvalue weighted by molar-refractivity contribution is 0.687. The molecule has 0 spiro atoms. The maximum absolute atomic E-state index is 6.14. The predicted octanol–water partition coefficient (Wildman–Crippen LogP) is 5.74. The van der Waals surface area contributed by atoms with E-state index in [-0.39, 0.29) is 0 Å². The van der Waals surface area contributed by atoms with Crippen LogP contribution in [0.3, 0.4) is 0 Å². The van der Waals surface area contributed by atoms with E-state index in [0.29, 0.717) is 10.0 Å². The van der Waals surface area contributed by atoms with Crippen molar-refractivity contribution in [3.8, 4) is 0 Å². The summed E-state index contributed by atoms with van der Waals surface area (Å²) in [6.45, 7) is 1.55. The van der Waals surface area contributed by atoms with E-state index in [4.69, 9.17) is 34.8 Å². The van der Waals surface area contributed by atoms with E-state index in [1.807, 2.05) is 30.3 Å². The van der Waals surface area contributed by atoms with Crippen LogP contribution in [-0.2, 0) is 13.0 Å². The fourth-order valence-corrected chi connectivity index (χ4v) is 2.95. The predicted molar refractivity (Wildman–Crippen MR) is 91.0 cm³/mol. The molecule has 0 aliphatic carbocycles. The maximum Gasteiger partial charge on any atom is 0.0453 e. The highest BCUT2D eigenvalue weighted by Gasteiger charge is 2.03. The third kappa shape index (κ3) is 4.64. The third-order valence-electron chi connectivity index (χ3n) is 2.91. The van der Waals surface area contributed by atoms with Crippen LogP contribution in [0, 0.1) is 0 Å². The summed E-state index contributed by atoms with van der Waals surface area (Å²) >= 11 is 21.6. The van der Waals surface area contributed by atoms with Gasteiger partial charge in [-0.15, -0.1) is 0 Å². The number of nitrogens with one attached hydrogen (secondary N) is 1. The summed E-state index contributed by atoms with van der Waals surface area (Å²) < 4.78 is 1.03. The summed E-state index contributed by atoms with van der Waals surface area (Å²) in [6, 6.07) is 11.4. The summed E-state index contributed by atoms with van der Waals surface area (Å²) in [4.78, 5) is 0. The number of hydrogen-bond donors (Lipinski definition) is 1. The van der Waals surface area contributed by atoms with Gasteiger partial charge in [-0.05, 0) is 54.4 Å². The molecule has 106 valence electrons. The molecule has 0 amide bonds. The third-order valence-corrected chi connectivity index (χ3v) is 4.36. The summed E-state index contributed by atoms with van der Waals surface area (Å²) in [5, 5.41) is 5.50. The lowest BCUT2D eigenvalue weighted by Gasteiger charge is -2.08. The van der Waals surface area contributed by atoms with Crippen molar-refractivity contribution >= 4 is 50.7 Å². The van der Waals surface area contributed by atoms with Crippen molar-refractivity contribution < 1.29 is 0 Å². The molecule has 0 aliphatic rings. The monoisotopic (exact) mass is 391 g/mol. The molecule has 0 fully saturated rings. The number of benzene rings is 2. The average molecular weight is 394 g/mol. The lowest BCUT2D eigenvalue weighted by atomic mass is 10.1. The zero-order valence-electron chi connectivity index (χ0n) is 10.6. The first-order valence-electron chi connectivity index (χ1n) is 6.15. The van der Waals surface area contributed by atoms with Gasteiger partial charge in [-0.1, -0.05) is 56.8 Å². The Morgan fingerprint density at radius 3 is 2.45 bits per heavy atom. The zero-order valence-corrected chi connectivity index (χ0v) is 14.5. The minimum Gasteiger partial charge on any atom is -0.312 e. The van der Waals surface area contributed by atoms with Crippen LogP contribution in [0.15, 0.2) is 40.9 Å². The van der Waals surface area contributed by atoms with Crippen molar-refractivity contribution in [2.75, 3.05) is 6.54 Å². The average Bonchev–Trinajstić information content (AvgIpc) is 2.40. The number of rotatable bonds is 5. The van der Waals surface area contributed by atoms with Crippen LogP contribution in [0.2, 0.25) is 15.1 Å². The Labute approximate surface area is 142 Å². The number of hydrogen-bond acceptors (Lipinski definition) is 1. The van der Waals surface area contributed by atoms with Crippen LogP contribution in [0.1, 0.15) is 11.1 Å². The molecule has 0 unspecified atom stereocenters. The molecule has 1 nitrogen and oxygen atoms in total. The topological polar surface area (TPSA) is 12.0 Å². The maximum atomic E-state index is 6.14. The SMILES string of the molecule is Clc1ccc(CCNCc2cc(Br)ccc2Cl)c(Cl)c1. The van der Waals surface area contributed by atoms with E-state index < -0.39 is 0 Å². The van der Waals surface area contributed by atoms with Gasteiger partial charge in [0.05, 0.1) is 0 Å². The van der Waals surface area contributed by atoms with Crippen molar-refractivity contribution in [3.63, 3.8) is 0 Å². The second-order valence-corrected chi connectivity index (χ2v) is 6.56. The molecule has 2 aromatic rings. The molecule has 2 rings (SSSR count). The summed E-state index contributed by atoms with van der Waals surface area (Å²) in [7, 11) is 0. The van der Waals surface area contributed by atoms with Crippen LogP contribution in [0.25, 0.3) is 0 Å². The quantitative estimate of drug-likeness (QED) is 0.639. The minimum atomic E-state index is 0.660. The second-order valence-electron chi connectivity index (χ2n) is 4.40. The summed E-state index contributed by atoms with van der Waals surface area (Å²) in [6.07, 6.45) is 0.849. The van der Waals surface area contributed by atoms with E-state index in [0.717, 1.165) is 40.1 Å². The van der Waals surface area contributed by atoms with Crippen molar-refractivity contribution in [2.45, 2.75) is 13.0 Å². The van der Waals surface area contributed by atoms with Gasteiger partial charge in [0.15, 0.2) is 0 Å². The fourth-order valence-electron chi connectivity index (χ4n) is 1.85. The molecule has 0 heterocycles.